The van der Waals surface area contributed by atoms with Crippen LogP contribution in [0.1, 0.15) is 24.2 Å². The van der Waals surface area contributed by atoms with Crippen molar-refractivity contribution in [2.24, 2.45) is 20.0 Å². The molecule has 0 aromatic carbocycles. The molecule has 1 aromatic heterocycles. The molecule has 0 spiro atoms. The summed E-state index contributed by atoms with van der Waals surface area (Å²) < 4.78 is 2.35. The van der Waals surface area contributed by atoms with Gasteiger partial charge in [0.2, 0.25) is 5.91 Å². The van der Waals surface area contributed by atoms with Gasteiger partial charge in [-0.2, -0.15) is 0 Å². The van der Waals surface area contributed by atoms with Crippen LogP contribution in [0, 0.1) is 12.8 Å². The lowest BCUT2D eigenvalue weighted by Gasteiger charge is -2.41. The van der Waals surface area contributed by atoms with Gasteiger partial charge in [-0.15, -0.1) is 0 Å². The second kappa shape index (κ2) is 5.11. The lowest BCUT2D eigenvalue weighted by atomic mass is 9.91. The SMILES string of the molecule is Cc1c([C@H]2C(C)C(=O)N(C)C(=O)N2C)n(C)c(=O)n(C)c1=O. The molecule has 2 heterocycles. The first kappa shape index (κ1) is 16.0. The summed E-state index contributed by atoms with van der Waals surface area (Å²) in [5, 5.41) is 0. The standard InChI is InChI=1S/C14H20N4O4/c1-7-9(15(3)13(21)17(5)11(7)19)10-8(2)12(20)18(6)14(22)16(10)4/h7,9H,1-6H3/t7?,9-/m1/s1. The van der Waals surface area contributed by atoms with Crippen LogP contribution in [-0.4, -0.2) is 45.0 Å². The third-order valence-corrected chi connectivity index (χ3v) is 4.42. The van der Waals surface area contributed by atoms with Gasteiger partial charge in [0, 0.05) is 33.8 Å². The molecule has 2 atom stereocenters. The van der Waals surface area contributed by atoms with Crippen LogP contribution < -0.4 is 11.2 Å². The average Bonchev–Trinajstić information content (AvgIpc) is 2.50. The molecule has 0 aliphatic carbocycles. The topological polar surface area (TPSA) is 84.6 Å². The van der Waals surface area contributed by atoms with Gasteiger partial charge >= 0.3 is 11.7 Å². The van der Waals surface area contributed by atoms with E-state index < -0.39 is 29.2 Å². The molecule has 1 aromatic rings. The Morgan fingerprint density at radius 2 is 1.45 bits per heavy atom. The van der Waals surface area contributed by atoms with Crippen LogP contribution >= 0.6 is 0 Å². The first-order valence-corrected chi connectivity index (χ1v) is 6.92. The van der Waals surface area contributed by atoms with Crippen molar-refractivity contribution >= 4 is 11.9 Å². The number of carbonyl (C=O) groups excluding carboxylic acids is 2. The Morgan fingerprint density at radius 1 is 0.909 bits per heavy atom. The molecule has 1 unspecified atom stereocenters. The number of hydrogen-bond donors (Lipinski definition) is 0. The largest absolute Gasteiger partial charge is 0.330 e. The fraction of sp³-hybridized carbons (Fsp3) is 0.571. The van der Waals surface area contributed by atoms with Crippen LogP contribution in [0.15, 0.2) is 9.59 Å². The first-order chi connectivity index (χ1) is 10.1. The molecule has 0 bridgehead atoms. The molecule has 3 amide bonds. The Balaban J connectivity index is 2.76. The van der Waals surface area contributed by atoms with Gasteiger partial charge in [-0.1, -0.05) is 6.92 Å². The zero-order valence-corrected chi connectivity index (χ0v) is 13.6. The summed E-state index contributed by atoms with van der Waals surface area (Å²) in [5.74, 6) is -0.885. The second-order valence-electron chi connectivity index (χ2n) is 5.74. The van der Waals surface area contributed by atoms with Crippen molar-refractivity contribution in [3.8, 4) is 0 Å². The van der Waals surface area contributed by atoms with Gasteiger partial charge in [0.15, 0.2) is 0 Å². The van der Waals surface area contributed by atoms with E-state index in [1.807, 2.05) is 0 Å². The van der Waals surface area contributed by atoms with Gasteiger partial charge in [-0.3, -0.25) is 23.6 Å². The zero-order valence-electron chi connectivity index (χ0n) is 13.6. The maximum Gasteiger partial charge on any atom is 0.330 e. The molecule has 22 heavy (non-hydrogen) atoms. The van der Waals surface area contributed by atoms with E-state index >= 15 is 0 Å². The molecular formula is C14H20N4O4. The Bertz CT molecular complexity index is 717. The van der Waals surface area contributed by atoms with Crippen LogP contribution in [0.5, 0.6) is 0 Å². The Labute approximate surface area is 127 Å². The number of rotatable bonds is 1. The third kappa shape index (κ3) is 1.98. The highest BCUT2D eigenvalue weighted by Gasteiger charge is 2.43. The summed E-state index contributed by atoms with van der Waals surface area (Å²) >= 11 is 0. The minimum absolute atomic E-state index is 0.333. The highest BCUT2D eigenvalue weighted by molar-refractivity contribution is 5.98. The zero-order chi connectivity index (χ0) is 16.9. The molecule has 8 nitrogen and oxygen atoms in total. The number of urea groups is 1. The number of nitrogens with zero attached hydrogens (tertiary/aromatic N) is 4. The highest BCUT2D eigenvalue weighted by atomic mass is 16.2. The Hall–Kier alpha value is -2.38. The molecular weight excluding hydrogens is 288 g/mol. The van der Waals surface area contributed by atoms with E-state index in [1.54, 1.807) is 20.9 Å². The smallest absolute Gasteiger partial charge is 0.318 e. The summed E-state index contributed by atoms with van der Waals surface area (Å²) in [7, 11) is 5.93. The van der Waals surface area contributed by atoms with Crippen LogP contribution in [-0.2, 0) is 18.9 Å². The molecule has 1 saturated heterocycles. The van der Waals surface area contributed by atoms with Gasteiger partial charge in [-0.05, 0) is 6.92 Å². The number of hydrogen-bond acceptors (Lipinski definition) is 4. The molecule has 0 N–H and O–H groups in total. The van der Waals surface area contributed by atoms with Gasteiger partial charge in [0.05, 0.1) is 17.7 Å². The van der Waals surface area contributed by atoms with Crippen molar-refractivity contribution in [1.82, 2.24) is 18.9 Å². The van der Waals surface area contributed by atoms with E-state index in [1.165, 1.54) is 30.6 Å². The normalized spacial score (nSPS) is 22.5. The van der Waals surface area contributed by atoms with Crippen LogP contribution in [0.4, 0.5) is 4.79 Å². The van der Waals surface area contributed by atoms with E-state index in [0.717, 1.165) is 9.47 Å². The van der Waals surface area contributed by atoms with Gasteiger partial charge in [-0.25, -0.2) is 9.59 Å². The minimum atomic E-state index is -0.650. The number of carbonyl (C=O) groups is 2. The van der Waals surface area contributed by atoms with Crippen LogP contribution in [0.2, 0.25) is 0 Å². The van der Waals surface area contributed by atoms with E-state index in [-0.39, 0.29) is 5.91 Å². The van der Waals surface area contributed by atoms with Gasteiger partial charge in [0.1, 0.15) is 0 Å². The van der Waals surface area contributed by atoms with Crippen molar-refractivity contribution in [2.75, 3.05) is 14.1 Å². The number of aromatic nitrogens is 2. The molecule has 1 aliphatic rings. The average molecular weight is 308 g/mol. The third-order valence-electron chi connectivity index (χ3n) is 4.42. The van der Waals surface area contributed by atoms with E-state index in [2.05, 4.69) is 0 Å². The lowest BCUT2D eigenvalue weighted by molar-refractivity contribution is -0.136. The predicted octanol–water partition coefficient (Wildman–Crippen LogP) is -0.407. The predicted molar refractivity (Wildman–Crippen MR) is 79.5 cm³/mol. The fourth-order valence-corrected chi connectivity index (χ4v) is 3.09. The van der Waals surface area contributed by atoms with Gasteiger partial charge in [0.25, 0.3) is 5.56 Å². The second-order valence-corrected chi connectivity index (χ2v) is 5.74. The minimum Gasteiger partial charge on any atom is -0.318 e. The quantitative estimate of drug-likeness (QED) is 0.706. The van der Waals surface area contributed by atoms with E-state index in [9.17, 15) is 19.2 Å². The van der Waals surface area contributed by atoms with Gasteiger partial charge < -0.3 is 4.90 Å². The molecule has 0 radical (unpaired) electrons. The summed E-state index contributed by atoms with van der Waals surface area (Å²) in [6.45, 7) is 3.29. The highest BCUT2D eigenvalue weighted by Crippen LogP contribution is 2.33. The number of amides is 3. The molecule has 120 valence electrons. The monoisotopic (exact) mass is 308 g/mol. The fourth-order valence-electron chi connectivity index (χ4n) is 3.09. The van der Waals surface area contributed by atoms with E-state index in [4.69, 9.17) is 0 Å². The lowest BCUT2D eigenvalue weighted by Crippen LogP contribution is -2.56. The summed E-state index contributed by atoms with van der Waals surface area (Å²) in [5.41, 5.74) is -0.140. The Morgan fingerprint density at radius 3 is 2.00 bits per heavy atom. The number of imide groups is 1. The summed E-state index contributed by atoms with van der Waals surface area (Å²) in [6.07, 6.45) is 0. The van der Waals surface area contributed by atoms with Crippen molar-refractivity contribution in [1.29, 1.82) is 0 Å². The van der Waals surface area contributed by atoms with Crippen molar-refractivity contribution in [3.05, 3.63) is 32.1 Å². The van der Waals surface area contributed by atoms with Crippen molar-refractivity contribution < 1.29 is 9.59 Å². The molecule has 1 fully saturated rings. The Kier molecular flexibility index (Phi) is 3.72. The van der Waals surface area contributed by atoms with Crippen LogP contribution in [0.3, 0.4) is 0 Å². The first-order valence-electron chi connectivity index (χ1n) is 6.92. The maximum atomic E-state index is 12.2. The van der Waals surface area contributed by atoms with Crippen molar-refractivity contribution in [2.45, 2.75) is 19.9 Å². The molecule has 0 saturated carbocycles. The van der Waals surface area contributed by atoms with Crippen molar-refractivity contribution in [3.63, 3.8) is 0 Å². The molecule has 1 aliphatic heterocycles. The summed E-state index contributed by atoms with van der Waals surface area (Å²) in [4.78, 5) is 51.2. The summed E-state index contributed by atoms with van der Waals surface area (Å²) in [6, 6.07) is -1.11. The molecule has 8 heteroatoms. The van der Waals surface area contributed by atoms with E-state index in [0.29, 0.717) is 11.3 Å². The maximum absolute atomic E-state index is 12.2. The molecule has 2 rings (SSSR count). The van der Waals surface area contributed by atoms with Crippen LogP contribution in [0.25, 0.3) is 0 Å².